The van der Waals surface area contributed by atoms with Crippen molar-refractivity contribution in [2.24, 2.45) is 4.99 Å². The maximum Gasteiger partial charge on any atom is 0.267 e. The summed E-state index contributed by atoms with van der Waals surface area (Å²) in [5.41, 5.74) is 2.04. The van der Waals surface area contributed by atoms with Crippen LogP contribution in [0, 0.1) is 0 Å². The Kier molecular flexibility index (Phi) is 4.48. The zero-order chi connectivity index (χ0) is 16.4. The maximum atomic E-state index is 12.4. The molecule has 3 rings (SSSR count). The number of aliphatic imine (C=N–C) groups is 1. The SMILES string of the molecule is C=NC(=O)[C@@H]1CCCN1C(=O)CCc1c[nH]c2cc(Cl)ccc12. The molecule has 1 aromatic heterocycles. The minimum Gasteiger partial charge on any atom is -0.361 e. The number of halogens is 1. The molecule has 0 spiro atoms. The van der Waals surface area contributed by atoms with Crippen LogP contribution in [-0.4, -0.2) is 41.0 Å². The third-order valence-electron chi connectivity index (χ3n) is 4.35. The lowest BCUT2D eigenvalue weighted by Crippen LogP contribution is -2.39. The van der Waals surface area contributed by atoms with Crippen molar-refractivity contribution in [3.05, 3.63) is 35.0 Å². The van der Waals surface area contributed by atoms with Crippen molar-refractivity contribution in [3.63, 3.8) is 0 Å². The first-order valence-electron chi connectivity index (χ1n) is 7.65. The van der Waals surface area contributed by atoms with Crippen molar-refractivity contribution in [2.45, 2.75) is 31.7 Å². The molecule has 23 heavy (non-hydrogen) atoms. The van der Waals surface area contributed by atoms with E-state index in [0.29, 0.717) is 30.8 Å². The Bertz CT molecular complexity index is 768. The highest BCUT2D eigenvalue weighted by Gasteiger charge is 2.33. The van der Waals surface area contributed by atoms with Crippen molar-refractivity contribution in [2.75, 3.05) is 6.54 Å². The average Bonchev–Trinajstić information content (AvgIpc) is 3.18. The molecule has 2 aromatic rings. The Hall–Kier alpha value is -2.14. The topological polar surface area (TPSA) is 65.5 Å². The Morgan fingerprint density at radius 2 is 2.26 bits per heavy atom. The van der Waals surface area contributed by atoms with Crippen molar-refractivity contribution in [3.8, 4) is 0 Å². The molecule has 1 fully saturated rings. The number of aryl methyl sites for hydroxylation is 1. The molecule has 6 heteroatoms. The zero-order valence-electron chi connectivity index (χ0n) is 12.7. The van der Waals surface area contributed by atoms with E-state index >= 15 is 0 Å². The Morgan fingerprint density at radius 3 is 3.04 bits per heavy atom. The van der Waals surface area contributed by atoms with Gasteiger partial charge < -0.3 is 9.88 Å². The van der Waals surface area contributed by atoms with Gasteiger partial charge in [0, 0.05) is 35.1 Å². The lowest BCUT2D eigenvalue weighted by molar-refractivity contribution is -0.137. The fraction of sp³-hybridized carbons (Fsp3) is 0.353. The highest BCUT2D eigenvalue weighted by molar-refractivity contribution is 6.31. The van der Waals surface area contributed by atoms with E-state index in [1.807, 2.05) is 24.4 Å². The van der Waals surface area contributed by atoms with Crippen LogP contribution in [0.25, 0.3) is 10.9 Å². The van der Waals surface area contributed by atoms with E-state index in [1.165, 1.54) is 0 Å². The number of hydrogen-bond acceptors (Lipinski definition) is 2. The van der Waals surface area contributed by atoms with Gasteiger partial charge in [0.2, 0.25) is 5.91 Å². The van der Waals surface area contributed by atoms with Gasteiger partial charge >= 0.3 is 0 Å². The standard InChI is InChI=1S/C17H18ClN3O2/c1-19-17(23)15-3-2-8-21(15)16(22)7-4-11-10-20-14-9-12(18)5-6-13(11)14/h5-6,9-10,15,20H,1-4,7-8H2/t15-/m0/s1. The number of benzene rings is 1. The third kappa shape index (κ3) is 3.15. The van der Waals surface area contributed by atoms with E-state index in [9.17, 15) is 9.59 Å². The highest BCUT2D eigenvalue weighted by atomic mass is 35.5. The van der Waals surface area contributed by atoms with Crippen LogP contribution in [0.5, 0.6) is 0 Å². The quantitative estimate of drug-likeness (QED) is 0.875. The molecule has 0 bridgehead atoms. The molecule has 0 saturated carbocycles. The molecule has 1 aliphatic rings. The van der Waals surface area contributed by atoms with Gasteiger partial charge in [-0.15, -0.1) is 0 Å². The number of hydrogen-bond donors (Lipinski definition) is 1. The van der Waals surface area contributed by atoms with Crippen molar-refractivity contribution in [1.29, 1.82) is 0 Å². The molecule has 1 aliphatic heterocycles. The number of likely N-dealkylation sites (tertiary alicyclic amines) is 1. The first kappa shape index (κ1) is 15.7. The van der Waals surface area contributed by atoms with Gasteiger partial charge in [-0.05, 0) is 43.7 Å². The van der Waals surface area contributed by atoms with Crippen LogP contribution in [0.3, 0.4) is 0 Å². The predicted molar refractivity (Wildman–Crippen MR) is 90.9 cm³/mol. The van der Waals surface area contributed by atoms with Gasteiger partial charge in [0.15, 0.2) is 0 Å². The van der Waals surface area contributed by atoms with Crippen LogP contribution in [0.15, 0.2) is 29.4 Å². The molecule has 0 aliphatic carbocycles. The number of aromatic nitrogens is 1. The fourth-order valence-corrected chi connectivity index (χ4v) is 3.35. The van der Waals surface area contributed by atoms with Crippen LogP contribution < -0.4 is 0 Å². The summed E-state index contributed by atoms with van der Waals surface area (Å²) in [5, 5.41) is 1.75. The smallest absolute Gasteiger partial charge is 0.267 e. The second-order valence-corrected chi connectivity index (χ2v) is 6.18. The van der Waals surface area contributed by atoms with Gasteiger partial charge in [0.25, 0.3) is 5.91 Å². The monoisotopic (exact) mass is 331 g/mol. The number of fused-ring (bicyclic) bond motifs is 1. The van der Waals surface area contributed by atoms with E-state index in [0.717, 1.165) is 22.9 Å². The molecule has 1 saturated heterocycles. The number of carbonyl (C=O) groups excluding carboxylic acids is 2. The van der Waals surface area contributed by atoms with E-state index in [4.69, 9.17) is 11.6 Å². The molecule has 1 aromatic carbocycles. The number of nitrogens with zero attached hydrogens (tertiary/aromatic N) is 2. The van der Waals surface area contributed by atoms with Crippen LogP contribution in [0.2, 0.25) is 5.02 Å². The second kappa shape index (κ2) is 6.54. The van der Waals surface area contributed by atoms with Gasteiger partial charge in [0.05, 0.1) is 0 Å². The summed E-state index contributed by atoms with van der Waals surface area (Å²) in [6, 6.07) is 5.24. The second-order valence-electron chi connectivity index (χ2n) is 5.75. The van der Waals surface area contributed by atoms with Crippen molar-refractivity contribution < 1.29 is 9.59 Å². The fourth-order valence-electron chi connectivity index (χ4n) is 3.18. The molecular formula is C17H18ClN3O2. The van der Waals surface area contributed by atoms with Gasteiger partial charge in [-0.25, -0.2) is 4.99 Å². The molecular weight excluding hydrogens is 314 g/mol. The zero-order valence-corrected chi connectivity index (χ0v) is 13.5. The van der Waals surface area contributed by atoms with E-state index in [-0.39, 0.29) is 11.8 Å². The van der Waals surface area contributed by atoms with Crippen LogP contribution in [-0.2, 0) is 16.0 Å². The summed E-state index contributed by atoms with van der Waals surface area (Å²) < 4.78 is 0. The Labute approximate surface area is 139 Å². The first-order valence-corrected chi connectivity index (χ1v) is 8.03. The molecule has 1 N–H and O–H groups in total. The van der Waals surface area contributed by atoms with Crippen molar-refractivity contribution >= 4 is 41.0 Å². The maximum absolute atomic E-state index is 12.4. The molecule has 2 amide bonds. The first-order chi connectivity index (χ1) is 11.1. The normalized spacial score (nSPS) is 17.6. The summed E-state index contributed by atoms with van der Waals surface area (Å²) >= 11 is 5.97. The number of carbonyl (C=O) groups is 2. The highest BCUT2D eigenvalue weighted by Crippen LogP contribution is 2.24. The minimum absolute atomic E-state index is 0.00665. The predicted octanol–water partition coefficient (Wildman–Crippen LogP) is 2.97. The van der Waals surface area contributed by atoms with E-state index < -0.39 is 6.04 Å². The molecule has 0 unspecified atom stereocenters. The molecule has 5 nitrogen and oxygen atoms in total. The molecule has 0 radical (unpaired) electrons. The van der Waals surface area contributed by atoms with E-state index in [2.05, 4.69) is 16.7 Å². The summed E-state index contributed by atoms with van der Waals surface area (Å²) in [6.07, 6.45) is 4.42. The average molecular weight is 332 g/mol. The van der Waals surface area contributed by atoms with Gasteiger partial charge in [-0.3, -0.25) is 9.59 Å². The molecule has 1 atom stereocenters. The molecule has 120 valence electrons. The van der Waals surface area contributed by atoms with Crippen LogP contribution >= 0.6 is 11.6 Å². The number of rotatable bonds is 4. The summed E-state index contributed by atoms with van der Waals surface area (Å²) in [6.45, 7) is 3.89. The lowest BCUT2D eigenvalue weighted by Gasteiger charge is -2.22. The van der Waals surface area contributed by atoms with Crippen LogP contribution in [0.1, 0.15) is 24.8 Å². The van der Waals surface area contributed by atoms with Crippen molar-refractivity contribution in [1.82, 2.24) is 9.88 Å². The van der Waals surface area contributed by atoms with Gasteiger partial charge in [-0.1, -0.05) is 17.7 Å². The van der Waals surface area contributed by atoms with Crippen LogP contribution in [0.4, 0.5) is 0 Å². The Balaban J connectivity index is 1.68. The summed E-state index contributed by atoms with van der Waals surface area (Å²) in [5.74, 6) is -0.314. The summed E-state index contributed by atoms with van der Waals surface area (Å²) in [7, 11) is 0. The Morgan fingerprint density at radius 1 is 1.43 bits per heavy atom. The lowest BCUT2D eigenvalue weighted by atomic mass is 10.1. The molecule has 2 heterocycles. The largest absolute Gasteiger partial charge is 0.361 e. The van der Waals surface area contributed by atoms with Gasteiger partial charge in [0.1, 0.15) is 6.04 Å². The van der Waals surface area contributed by atoms with Gasteiger partial charge in [-0.2, -0.15) is 0 Å². The van der Waals surface area contributed by atoms with E-state index in [1.54, 1.807) is 4.90 Å². The number of nitrogens with one attached hydrogen (secondary N) is 1. The number of amides is 2. The number of H-pyrrole nitrogens is 1. The number of aromatic amines is 1. The minimum atomic E-state index is -0.429. The third-order valence-corrected chi connectivity index (χ3v) is 4.59. The summed E-state index contributed by atoms with van der Waals surface area (Å²) in [4.78, 5) is 32.4.